The smallest absolute Gasteiger partial charge is 0.244 e. The molecule has 1 fully saturated rings. The predicted molar refractivity (Wildman–Crippen MR) is 115 cm³/mol. The van der Waals surface area contributed by atoms with Gasteiger partial charge in [0.25, 0.3) is 0 Å². The third-order valence-corrected chi connectivity index (χ3v) is 5.71. The van der Waals surface area contributed by atoms with Crippen LogP contribution in [0.1, 0.15) is 11.3 Å². The average molecular weight is 428 g/mol. The number of anilines is 1. The van der Waals surface area contributed by atoms with Crippen LogP contribution < -0.4 is 10.6 Å². The summed E-state index contributed by atoms with van der Waals surface area (Å²) in [5.74, 6) is -0.172. The quantitative estimate of drug-likeness (QED) is 0.284. The molecule has 1 aliphatic rings. The lowest BCUT2D eigenvalue weighted by Crippen LogP contribution is -2.49. The second kappa shape index (κ2) is 8.19. The van der Waals surface area contributed by atoms with Gasteiger partial charge in [-0.1, -0.05) is 16.8 Å². The second-order valence-corrected chi connectivity index (χ2v) is 7.57. The molecule has 2 aromatic heterocycles. The molecule has 0 spiro atoms. The predicted octanol–water partition coefficient (Wildman–Crippen LogP) is 1.84. The van der Waals surface area contributed by atoms with Crippen molar-refractivity contribution in [2.45, 2.75) is 13.5 Å². The monoisotopic (exact) mass is 427 g/mol. The number of carbonyl (C=O) groups is 1. The first-order valence-electron chi connectivity index (χ1n) is 9.56. The molecule has 3 aromatic rings. The Morgan fingerprint density at radius 1 is 1.27 bits per heavy atom. The molecule has 30 heavy (non-hydrogen) atoms. The van der Waals surface area contributed by atoms with E-state index in [0.29, 0.717) is 29.8 Å². The molecule has 0 aliphatic carbocycles. The number of hydrogen-bond acceptors (Lipinski definition) is 6. The van der Waals surface area contributed by atoms with Crippen LogP contribution >= 0.6 is 11.6 Å². The number of oxime groups is 1. The number of benzene rings is 1. The third kappa shape index (κ3) is 3.76. The van der Waals surface area contributed by atoms with E-state index in [2.05, 4.69) is 26.2 Å². The molecule has 1 amide bonds. The summed E-state index contributed by atoms with van der Waals surface area (Å²) in [5, 5.41) is 17.7. The van der Waals surface area contributed by atoms with Gasteiger partial charge in [-0.05, 0) is 42.8 Å². The van der Waals surface area contributed by atoms with Crippen LogP contribution in [0.25, 0.3) is 11.0 Å². The van der Waals surface area contributed by atoms with Crippen LogP contribution in [0.5, 0.6) is 0 Å². The normalized spacial score (nSPS) is 15.1. The van der Waals surface area contributed by atoms with Crippen molar-refractivity contribution in [3.8, 4) is 0 Å². The first-order valence-corrected chi connectivity index (χ1v) is 9.94. The summed E-state index contributed by atoms with van der Waals surface area (Å²) >= 11 is 6.12. The van der Waals surface area contributed by atoms with Crippen molar-refractivity contribution >= 4 is 40.1 Å². The number of pyridine rings is 1. The van der Waals surface area contributed by atoms with E-state index in [-0.39, 0.29) is 18.3 Å². The van der Waals surface area contributed by atoms with Gasteiger partial charge in [-0.15, -0.1) is 0 Å². The van der Waals surface area contributed by atoms with Gasteiger partial charge in [-0.2, -0.15) is 5.10 Å². The lowest BCUT2D eigenvalue weighted by molar-refractivity contribution is -0.132. The van der Waals surface area contributed by atoms with E-state index >= 15 is 0 Å². The van der Waals surface area contributed by atoms with E-state index in [1.165, 1.54) is 4.68 Å². The summed E-state index contributed by atoms with van der Waals surface area (Å²) < 4.78 is 1.50. The zero-order chi connectivity index (χ0) is 21.3. The summed E-state index contributed by atoms with van der Waals surface area (Å²) in [7, 11) is 0. The van der Waals surface area contributed by atoms with Gasteiger partial charge in [0.15, 0.2) is 11.5 Å². The fourth-order valence-corrected chi connectivity index (χ4v) is 3.74. The Morgan fingerprint density at radius 3 is 2.73 bits per heavy atom. The Balaban J connectivity index is 1.46. The van der Waals surface area contributed by atoms with Crippen LogP contribution in [-0.2, 0) is 11.3 Å². The maximum Gasteiger partial charge on any atom is 0.244 e. The van der Waals surface area contributed by atoms with Gasteiger partial charge in [-0.3, -0.25) is 4.79 Å². The Morgan fingerprint density at radius 2 is 2.03 bits per heavy atom. The van der Waals surface area contributed by atoms with E-state index in [9.17, 15) is 4.79 Å². The number of aryl methyl sites for hydroxylation is 1. The highest BCUT2D eigenvalue weighted by molar-refractivity contribution is 6.31. The molecule has 1 saturated heterocycles. The molecule has 10 heteroatoms. The van der Waals surface area contributed by atoms with Gasteiger partial charge >= 0.3 is 0 Å². The second-order valence-electron chi connectivity index (χ2n) is 7.17. The topological polar surface area (TPSA) is 113 Å². The van der Waals surface area contributed by atoms with Crippen LogP contribution in [0.15, 0.2) is 41.7 Å². The van der Waals surface area contributed by atoms with Crippen LogP contribution in [0.2, 0.25) is 5.02 Å². The zero-order valence-electron chi connectivity index (χ0n) is 16.5. The molecule has 0 atom stereocenters. The van der Waals surface area contributed by atoms with Crippen LogP contribution in [0.3, 0.4) is 0 Å². The first kappa shape index (κ1) is 20.0. The maximum atomic E-state index is 12.9. The molecule has 0 saturated carbocycles. The molecule has 3 heterocycles. The fourth-order valence-electron chi connectivity index (χ4n) is 3.62. The van der Waals surface area contributed by atoms with E-state index in [1.807, 2.05) is 24.0 Å². The third-order valence-electron chi connectivity index (χ3n) is 5.28. The highest BCUT2D eigenvalue weighted by Crippen LogP contribution is 2.23. The Hall–Kier alpha value is -3.33. The number of hydrogen-bond donors (Lipinski definition) is 2. The summed E-state index contributed by atoms with van der Waals surface area (Å²) in [5.41, 5.74) is 8.68. The van der Waals surface area contributed by atoms with Crippen molar-refractivity contribution in [2.24, 2.45) is 10.9 Å². The molecule has 0 radical (unpaired) electrons. The molecule has 4 rings (SSSR count). The number of carbonyl (C=O) groups excluding carboxylic acids is 1. The average Bonchev–Trinajstić information content (AvgIpc) is 3.13. The number of aromatic nitrogens is 3. The number of nitrogens with zero attached hydrogens (tertiary/aromatic N) is 6. The van der Waals surface area contributed by atoms with Crippen molar-refractivity contribution in [2.75, 3.05) is 31.1 Å². The van der Waals surface area contributed by atoms with Crippen LogP contribution in [0, 0.1) is 6.92 Å². The summed E-state index contributed by atoms with van der Waals surface area (Å²) in [6.07, 6.45) is 1.62. The SMILES string of the molecule is Cc1cc(N2CCN(C(=O)Cn3nc(/C(N)=N\O)c4cccnc43)CC2)ccc1Cl. The van der Waals surface area contributed by atoms with Crippen molar-refractivity contribution in [1.82, 2.24) is 19.7 Å². The zero-order valence-corrected chi connectivity index (χ0v) is 17.2. The number of piperazine rings is 1. The molecule has 9 nitrogen and oxygen atoms in total. The van der Waals surface area contributed by atoms with Crippen molar-refractivity contribution in [3.63, 3.8) is 0 Å². The van der Waals surface area contributed by atoms with E-state index in [4.69, 9.17) is 22.5 Å². The van der Waals surface area contributed by atoms with Gasteiger partial charge in [0, 0.05) is 43.1 Å². The Bertz CT molecular complexity index is 1120. The Kier molecular flexibility index (Phi) is 5.45. The van der Waals surface area contributed by atoms with E-state index < -0.39 is 0 Å². The maximum absolute atomic E-state index is 12.9. The standard InChI is InChI=1S/C20H22ClN7O2/c1-13-11-14(4-5-16(13)21)26-7-9-27(10-8-26)17(29)12-28-20-15(3-2-6-23-20)18(24-28)19(22)25-30/h2-6,11,30H,7-10,12H2,1H3,(H2,22,25). The van der Waals surface area contributed by atoms with E-state index in [1.54, 1.807) is 18.3 Å². The number of amidine groups is 1. The van der Waals surface area contributed by atoms with Gasteiger partial charge in [0.2, 0.25) is 5.91 Å². The number of amides is 1. The van der Waals surface area contributed by atoms with Crippen LogP contribution in [-0.4, -0.2) is 62.8 Å². The lowest BCUT2D eigenvalue weighted by atomic mass is 10.2. The van der Waals surface area contributed by atoms with Gasteiger partial charge in [0.05, 0.1) is 5.39 Å². The summed E-state index contributed by atoms with van der Waals surface area (Å²) in [4.78, 5) is 21.3. The minimum atomic E-state index is -0.119. The van der Waals surface area contributed by atoms with Crippen LogP contribution in [0.4, 0.5) is 5.69 Å². The van der Waals surface area contributed by atoms with Crippen molar-refractivity contribution in [1.29, 1.82) is 0 Å². The lowest BCUT2D eigenvalue weighted by Gasteiger charge is -2.36. The fraction of sp³-hybridized carbons (Fsp3) is 0.300. The molecular formula is C20H22ClN7O2. The minimum Gasteiger partial charge on any atom is -0.409 e. The number of rotatable bonds is 4. The molecule has 156 valence electrons. The molecular weight excluding hydrogens is 406 g/mol. The highest BCUT2D eigenvalue weighted by Gasteiger charge is 2.24. The molecule has 0 unspecified atom stereocenters. The number of halogens is 1. The summed E-state index contributed by atoms with van der Waals surface area (Å²) in [6.45, 7) is 4.71. The highest BCUT2D eigenvalue weighted by atomic mass is 35.5. The molecule has 3 N–H and O–H groups in total. The molecule has 0 bridgehead atoms. The van der Waals surface area contributed by atoms with Gasteiger partial charge < -0.3 is 20.7 Å². The summed E-state index contributed by atoms with van der Waals surface area (Å²) in [6, 6.07) is 9.48. The van der Waals surface area contributed by atoms with Gasteiger partial charge in [-0.25, -0.2) is 9.67 Å². The molecule has 1 aliphatic heterocycles. The molecule has 1 aromatic carbocycles. The van der Waals surface area contributed by atoms with Crippen molar-refractivity contribution < 1.29 is 10.0 Å². The van der Waals surface area contributed by atoms with E-state index in [0.717, 1.165) is 29.4 Å². The largest absolute Gasteiger partial charge is 0.409 e. The van der Waals surface area contributed by atoms with Gasteiger partial charge in [0.1, 0.15) is 12.2 Å². The Labute approximate surface area is 178 Å². The minimum absolute atomic E-state index is 0.0340. The number of nitrogens with two attached hydrogens (primary N) is 1. The van der Waals surface area contributed by atoms with Crippen molar-refractivity contribution in [3.05, 3.63) is 52.8 Å². The first-order chi connectivity index (χ1) is 14.5. The number of fused-ring (bicyclic) bond motifs is 1.